The molecule has 0 fully saturated rings. The zero-order chi connectivity index (χ0) is 12.2. The first-order valence-electron chi connectivity index (χ1n) is 6.53. The van der Waals surface area contributed by atoms with E-state index in [9.17, 15) is 0 Å². The van der Waals surface area contributed by atoms with E-state index in [0.717, 1.165) is 5.92 Å². The van der Waals surface area contributed by atoms with Crippen molar-refractivity contribution in [3.05, 3.63) is 35.4 Å². The van der Waals surface area contributed by atoms with Gasteiger partial charge in [-0.1, -0.05) is 71.7 Å². The van der Waals surface area contributed by atoms with Crippen LogP contribution >= 0.6 is 0 Å². The number of hydrogen-bond acceptors (Lipinski definition) is 0. The Balaban J connectivity index is 2.65. The molecule has 0 heteroatoms. The second-order valence-electron chi connectivity index (χ2n) is 6.04. The Bertz CT molecular complexity index is 300. The molecule has 0 radical (unpaired) electrons. The Hall–Kier alpha value is -0.780. The van der Waals surface area contributed by atoms with Crippen molar-refractivity contribution in [1.82, 2.24) is 0 Å². The van der Waals surface area contributed by atoms with E-state index in [1.807, 2.05) is 0 Å². The quantitative estimate of drug-likeness (QED) is 0.670. The lowest BCUT2D eigenvalue weighted by molar-refractivity contribution is 0.522. The third kappa shape index (κ3) is 4.00. The standard InChI is InChI=1S/C16H26/c1-6-7-13(2)12-14-8-10-15(11-9-14)16(3,4)5/h8-11,13H,6-7,12H2,1-5H3. The summed E-state index contributed by atoms with van der Waals surface area (Å²) in [6.07, 6.45) is 3.85. The van der Waals surface area contributed by atoms with Crippen LogP contribution < -0.4 is 0 Å². The molecule has 16 heavy (non-hydrogen) atoms. The van der Waals surface area contributed by atoms with E-state index in [4.69, 9.17) is 0 Å². The van der Waals surface area contributed by atoms with E-state index in [1.165, 1.54) is 30.4 Å². The molecule has 0 amide bonds. The normalized spacial score (nSPS) is 13.8. The third-order valence-electron chi connectivity index (χ3n) is 3.19. The number of rotatable bonds is 4. The highest BCUT2D eigenvalue weighted by Gasteiger charge is 2.13. The van der Waals surface area contributed by atoms with E-state index >= 15 is 0 Å². The van der Waals surface area contributed by atoms with E-state index in [1.54, 1.807) is 0 Å². The molecule has 0 N–H and O–H groups in total. The second kappa shape index (κ2) is 5.52. The van der Waals surface area contributed by atoms with Gasteiger partial charge in [-0.2, -0.15) is 0 Å². The molecule has 1 aromatic carbocycles. The topological polar surface area (TPSA) is 0 Å². The molecule has 0 heterocycles. The summed E-state index contributed by atoms with van der Waals surface area (Å²) in [7, 11) is 0. The Kier molecular flexibility index (Phi) is 4.58. The van der Waals surface area contributed by atoms with Crippen LogP contribution in [0.1, 0.15) is 58.6 Å². The molecule has 0 aromatic heterocycles. The van der Waals surface area contributed by atoms with Gasteiger partial charge in [0.2, 0.25) is 0 Å². The van der Waals surface area contributed by atoms with E-state index < -0.39 is 0 Å². The molecule has 1 atom stereocenters. The van der Waals surface area contributed by atoms with E-state index in [2.05, 4.69) is 58.9 Å². The summed E-state index contributed by atoms with van der Waals surface area (Å²) >= 11 is 0. The van der Waals surface area contributed by atoms with Crippen molar-refractivity contribution in [2.24, 2.45) is 5.92 Å². The predicted octanol–water partition coefficient (Wildman–Crippen LogP) is 4.96. The fraction of sp³-hybridized carbons (Fsp3) is 0.625. The molecule has 0 spiro atoms. The molecular formula is C16H26. The van der Waals surface area contributed by atoms with Crippen LogP contribution in [-0.2, 0) is 11.8 Å². The molecular weight excluding hydrogens is 192 g/mol. The highest BCUT2D eigenvalue weighted by atomic mass is 14.2. The SMILES string of the molecule is CCCC(C)Cc1ccc(C(C)(C)C)cc1. The summed E-state index contributed by atoms with van der Waals surface area (Å²) in [5.74, 6) is 0.811. The average molecular weight is 218 g/mol. The van der Waals surface area contributed by atoms with Crippen molar-refractivity contribution in [3.8, 4) is 0 Å². The van der Waals surface area contributed by atoms with Gasteiger partial charge in [0.25, 0.3) is 0 Å². The van der Waals surface area contributed by atoms with Crippen molar-refractivity contribution in [2.75, 3.05) is 0 Å². The van der Waals surface area contributed by atoms with Gasteiger partial charge >= 0.3 is 0 Å². The summed E-state index contributed by atoms with van der Waals surface area (Å²) < 4.78 is 0. The molecule has 1 aromatic rings. The average Bonchev–Trinajstić information content (AvgIpc) is 2.17. The Morgan fingerprint density at radius 1 is 1.06 bits per heavy atom. The molecule has 90 valence electrons. The highest BCUT2D eigenvalue weighted by Crippen LogP contribution is 2.23. The number of benzene rings is 1. The maximum Gasteiger partial charge on any atom is -0.0132 e. The lowest BCUT2D eigenvalue weighted by Gasteiger charge is -2.19. The van der Waals surface area contributed by atoms with Crippen LogP contribution in [-0.4, -0.2) is 0 Å². The fourth-order valence-corrected chi connectivity index (χ4v) is 2.14. The monoisotopic (exact) mass is 218 g/mol. The largest absolute Gasteiger partial charge is 0.0654 e. The Morgan fingerprint density at radius 2 is 1.62 bits per heavy atom. The molecule has 1 rings (SSSR count). The summed E-state index contributed by atoms with van der Waals surface area (Å²) in [6.45, 7) is 11.4. The molecule has 0 bridgehead atoms. The lowest BCUT2D eigenvalue weighted by atomic mass is 9.86. The zero-order valence-electron chi connectivity index (χ0n) is 11.5. The van der Waals surface area contributed by atoms with Crippen molar-refractivity contribution in [2.45, 2.75) is 59.3 Å². The van der Waals surface area contributed by atoms with E-state index in [0.29, 0.717) is 0 Å². The number of hydrogen-bond donors (Lipinski definition) is 0. The van der Waals surface area contributed by atoms with Crippen LogP contribution in [0.15, 0.2) is 24.3 Å². The first-order valence-corrected chi connectivity index (χ1v) is 6.53. The van der Waals surface area contributed by atoms with Gasteiger partial charge in [0, 0.05) is 0 Å². The molecule has 0 nitrogen and oxygen atoms in total. The maximum absolute atomic E-state index is 2.35. The Morgan fingerprint density at radius 3 is 2.06 bits per heavy atom. The van der Waals surface area contributed by atoms with Crippen molar-refractivity contribution < 1.29 is 0 Å². The van der Waals surface area contributed by atoms with E-state index in [-0.39, 0.29) is 5.41 Å². The van der Waals surface area contributed by atoms with Crippen LogP contribution in [0.3, 0.4) is 0 Å². The first-order chi connectivity index (χ1) is 7.43. The second-order valence-corrected chi connectivity index (χ2v) is 6.04. The third-order valence-corrected chi connectivity index (χ3v) is 3.19. The smallest absolute Gasteiger partial charge is 0.0132 e. The van der Waals surface area contributed by atoms with Gasteiger partial charge in [-0.15, -0.1) is 0 Å². The van der Waals surface area contributed by atoms with Gasteiger partial charge in [0.1, 0.15) is 0 Å². The molecule has 0 saturated heterocycles. The van der Waals surface area contributed by atoms with Gasteiger partial charge in [-0.25, -0.2) is 0 Å². The molecule has 0 aliphatic rings. The van der Waals surface area contributed by atoms with Crippen molar-refractivity contribution in [1.29, 1.82) is 0 Å². The summed E-state index contributed by atoms with van der Waals surface area (Å²) in [4.78, 5) is 0. The maximum atomic E-state index is 2.35. The summed E-state index contributed by atoms with van der Waals surface area (Å²) in [6, 6.07) is 9.17. The van der Waals surface area contributed by atoms with Gasteiger partial charge in [0.15, 0.2) is 0 Å². The minimum atomic E-state index is 0.271. The van der Waals surface area contributed by atoms with Crippen LogP contribution in [0.2, 0.25) is 0 Å². The molecule has 1 unspecified atom stereocenters. The highest BCUT2D eigenvalue weighted by molar-refractivity contribution is 5.27. The fourth-order valence-electron chi connectivity index (χ4n) is 2.14. The van der Waals surface area contributed by atoms with Crippen molar-refractivity contribution in [3.63, 3.8) is 0 Å². The Labute approximate surface area is 101 Å². The lowest BCUT2D eigenvalue weighted by Crippen LogP contribution is -2.11. The van der Waals surface area contributed by atoms with Crippen LogP contribution in [0.5, 0.6) is 0 Å². The van der Waals surface area contributed by atoms with Gasteiger partial charge < -0.3 is 0 Å². The van der Waals surface area contributed by atoms with Crippen LogP contribution in [0, 0.1) is 5.92 Å². The minimum Gasteiger partial charge on any atom is -0.0654 e. The molecule has 0 saturated carbocycles. The van der Waals surface area contributed by atoms with Crippen LogP contribution in [0.25, 0.3) is 0 Å². The van der Waals surface area contributed by atoms with Gasteiger partial charge in [-0.05, 0) is 28.9 Å². The van der Waals surface area contributed by atoms with Gasteiger partial charge in [0.05, 0.1) is 0 Å². The first kappa shape index (κ1) is 13.3. The summed E-state index contributed by atoms with van der Waals surface area (Å²) in [5, 5.41) is 0. The minimum absolute atomic E-state index is 0.271. The van der Waals surface area contributed by atoms with Crippen LogP contribution in [0.4, 0.5) is 0 Å². The molecule has 0 aliphatic carbocycles. The summed E-state index contributed by atoms with van der Waals surface area (Å²) in [5.41, 5.74) is 3.18. The predicted molar refractivity (Wildman–Crippen MR) is 72.9 cm³/mol. The van der Waals surface area contributed by atoms with Crippen molar-refractivity contribution >= 4 is 0 Å². The zero-order valence-corrected chi connectivity index (χ0v) is 11.5. The van der Waals surface area contributed by atoms with Gasteiger partial charge in [-0.3, -0.25) is 0 Å². The molecule has 0 aliphatic heterocycles.